The summed E-state index contributed by atoms with van der Waals surface area (Å²) in [7, 11) is 3.17. The van der Waals surface area contributed by atoms with E-state index in [4.69, 9.17) is 18.6 Å². The Bertz CT molecular complexity index is 1580. The van der Waals surface area contributed by atoms with E-state index >= 15 is 0 Å². The van der Waals surface area contributed by atoms with Gasteiger partial charge in [0.25, 0.3) is 5.56 Å². The summed E-state index contributed by atoms with van der Waals surface area (Å²) >= 11 is 0. The van der Waals surface area contributed by atoms with Gasteiger partial charge in [-0.2, -0.15) is 5.10 Å². The van der Waals surface area contributed by atoms with Crippen molar-refractivity contribution in [3.05, 3.63) is 82.7 Å². The Balaban J connectivity index is 1.44. The van der Waals surface area contributed by atoms with Gasteiger partial charge in [0, 0.05) is 23.5 Å². The summed E-state index contributed by atoms with van der Waals surface area (Å²) in [6.07, 6.45) is 3.45. The summed E-state index contributed by atoms with van der Waals surface area (Å²) in [5.41, 5.74) is 3.27. The van der Waals surface area contributed by atoms with Crippen LogP contribution in [0.25, 0.3) is 28.2 Å². The van der Waals surface area contributed by atoms with Gasteiger partial charge in [-0.25, -0.2) is 9.50 Å². The van der Waals surface area contributed by atoms with Crippen molar-refractivity contribution in [2.24, 2.45) is 0 Å². The molecule has 0 saturated heterocycles. The lowest BCUT2D eigenvalue weighted by Crippen LogP contribution is -2.22. The van der Waals surface area contributed by atoms with Crippen molar-refractivity contribution in [3.63, 3.8) is 0 Å². The Kier molecular flexibility index (Phi) is 6.20. The number of hydrogen-bond acceptors (Lipinski definition) is 7. The Labute approximate surface area is 207 Å². The molecular formula is C27H26N4O5. The van der Waals surface area contributed by atoms with E-state index in [2.05, 4.69) is 10.1 Å². The fourth-order valence-electron chi connectivity index (χ4n) is 4.01. The average molecular weight is 487 g/mol. The zero-order valence-corrected chi connectivity index (χ0v) is 20.5. The maximum atomic E-state index is 13.3. The zero-order valence-electron chi connectivity index (χ0n) is 20.5. The number of benzene rings is 2. The number of hydrogen-bond donors (Lipinski definition) is 0. The van der Waals surface area contributed by atoms with Gasteiger partial charge in [0.05, 0.1) is 33.1 Å². The van der Waals surface area contributed by atoms with Crippen LogP contribution in [0, 0.1) is 6.92 Å². The lowest BCUT2D eigenvalue weighted by Gasteiger charge is -2.08. The van der Waals surface area contributed by atoms with Crippen LogP contribution in [0.5, 0.6) is 17.2 Å². The van der Waals surface area contributed by atoms with Crippen LogP contribution in [-0.2, 0) is 6.54 Å². The van der Waals surface area contributed by atoms with E-state index in [1.54, 1.807) is 41.8 Å². The average Bonchev–Trinajstić information content (AvgIpc) is 3.50. The second-order valence-corrected chi connectivity index (χ2v) is 8.14. The molecule has 184 valence electrons. The normalized spacial score (nSPS) is 11.1. The minimum absolute atomic E-state index is 0.179. The number of aromatic nitrogens is 4. The predicted molar refractivity (Wildman–Crippen MR) is 135 cm³/mol. The first-order valence-corrected chi connectivity index (χ1v) is 11.5. The van der Waals surface area contributed by atoms with Crippen molar-refractivity contribution < 1.29 is 18.6 Å². The van der Waals surface area contributed by atoms with Gasteiger partial charge < -0.3 is 23.2 Å². The standard InChI is InChI=1S/C27H26N4O5/c1-5-35-20-9-6-18(7-10-20)26-28-22(17(2)36-26)16-30-12-13-31-23(27(30)32)15-21(29-31)19-8-11-24(33-3)25(14-19)34-4/h6-15H,5,16H2,1-4H3. The fraction of sp³-hybridized carbons (Fsp3) is 0.222. The highest BCUT2D eigenvalue weighted by molar-refractivity contribution is 5.68. The number of nitrogens with zero attached hydrogens (tertiary/aromatic N) is 4. The van der Waals surface area contributed by atoms with Crippen molar-refractivity contribution in [1.82, 2.24) is 19.2 Å². The maximum Gasteiger partial charge on any atom is 0.276 e. The van der Waals surface area contributed by atoms with Gasteiger partial charge in [-0.1, -0.05) is 0 Å². The molecule has 5 aromatic rings. The molecule has 9 heteroatoms. The van der Waals surface area contributed by atoms with Crippen LogP contribution in [0.2, 0.25) is 0 Å². The molecule has 9 nitrogen and oxygen atoms in total. The summed E-state index contributed by atoms with van der Waals surface area (Å²) in [5.74, 6) is 3.16. The molecule has 3 aromatic heterocycles. The Morgan fingerprint density at radius 3 is 2.42 bits per heavy atom. The molecule has 0 spiro atoms. The first-order valence-electron chi connectivity index (χ1n) is 11.5. The molecule has 0 aliphatic carbocycles. The van der Waals surface area contributed by atoms with Crippen molar-refractivity contribution in [1.29, 1.82) is 0 Å². The molecule has 0 atom stereocenters. The first-order chi connectivity index (χ1) is 17.5. The zero-order chi connectivity index (χ0) is 25.2. The third-order valence-electron chi connectivity index (χ3n) is 5.91. The molecule has 5 rings (SSSR count). The Morgan fingerprint density at radius 1 is 0.944 bits per heavy atom. The molecular weight excluding hydrogens is 460 g/mol. The van der Waals surface area contributed by atoms with Gasteiger partial charge in [0.2, 0.25) is 5.89 Å². The molecule has 0 aliphatic heterocycles. The van der Waals surface area contributed by atoms with Crippen molar-refractivity contribution in [3.8, 4) is 40.0 Å². The van der Waals surface area contributed by atoms with Crippen LogP contribution < -0.4 is 19.8 Å². The molecule has 0 aliphatic rings. The van der Waals surface area contributed by atoms with Gasteiger partial charge in [-0.05, 0) is 62.4 Å². The SMILES string of the molecule is CCOc1ccc(-c2nc(Cn3ccn4nc(-c5ccc(OC)c(OC)c5)cc4c3=O)c(C)o2)cc1. The smallest absolute Gasteiger partial charge is 0.276 e. The van der Waals surface area contributed by atoms with Gasteiger partial charge >= 0.3 is 0 Å². The summed E-state index contributed by atoms with van der Waals surface area (Å²) in [6.45, 7) is 4.67. The third kappa shape index (κ3) is 4.31. The van der Waals surface area contributed by atoms with E-state index in [0.29, 0.717) is 46.7 Å². The highest BCUT2D eigenvalue weighted by Crippen LogP contribution is 2.32. The number of methoxy groups -OCH3 is 2. The van der Waals surface area contributed by atoms with Gasteiger partial charge in [-0.3, -0.25) is 4.79 Å². The van der Waals surface area contributed by atoms with E-state index in [1.165, 1.54) is 0 Å². The van der Waals surface area contributed by atoms with Crippen LogP contribution in [0.3, 0.4) is 0 Å². The quantitative estimate of drug-likeness (QED) is 0.317. The van der Waals surface area contributed by atoms with Crippen molar-refractivity contribution in [2.75, 3.05) is 20.8 Å². The number of oxazole rings is 1. The number of rotatable bonds is 8. The number of ether oxygens (including phenoxy) is 3. The lowest BCUT2D eigenvalue weighted by molar-refractivity contribution is 0.340. The molecule has 3 heterocycles. The lowest BCUT2D eigenvalue weighted by atomic mass is 10.1. The van der Waals surface area contributed by atoms with Gasteiger partial charge in [-0.15, -0.1) is 0 Å². The molecule has 0 saturated carbocycles. The van der Waals surface area contributed by atoms with Crippen LogP contribution in [-0.4, -0.2) is 40.0 Å². The highest BCUT2D eigenvalue weighted by atomic mass is 16.5. The van der Waals surface area contributed by atoms with E-state index in [1.807, 2.05) is 56.3 Å². The van der Waals surface area contributed by atoms with Crippen LogP contribution in [0.15, 0.2) is 70.1 Å². The van der Waals surface area contributed by atoms with Crippen molar-refractivity contribution >= 4 is 5.52 Å². The van der Waals surface area contributed by atoms with Gasteiger partial charge in [0.15, 0.2) is 11.5 Å². The molecule has 0 N–H and O–H groups in total. The molecule has 36 heavy (non-hydrogen) atoms. The largest absolute Gasteiger partial charge is 0.494 e. The third-order valence-corrected chi connectivity index (χ3v) is 5.91. The molecule has 0 unspecified atom stereocenters. The minimum Gasteiger partial charge on any atom is -0.494 e. The molecule has 0 radical (unpaired) electrons. The molecule has 0 amide bonds. The fourth-order valence-corrected chi connectivity index (χ4v) is 4.01. The molecule has 2 aromatic carbocycles. The monoisotopic (exact) mass is 486 g/mol. The minimum atomic E-state index is -0.179. The van der Waals surface area contributed by atoms with E-state index in [0.717, 1.165) is 16.9 Å². The van der Waals surface area contributed by atoms with Gasteiger partial charge in [0.1, 0.15) is 22.7 Å². The van der Waals surface area contributed by atoms with Crippen LogP contribution in [0.1, 0.15) is 18.4 Å². The number of aryl methyl sites for hydroxylation is 1. The Hall–Kier alpha value is -4.53. The summed E-state index contributed by atoms with van der Waals surface area (Å²) in [4.78, 5) is 17.9. The van der Waals surface area contributed by atoms with E-state index in [-0.39, 0.29) is 12.1 Å². The Morgan fingerprint density at radius 2 is 1.69 bits per heavy atom. The van der Waals surface area contributed by atoms with E-state index < -0.39 is 0 Å². The second kappa shape index (κ2) is 9.61. The first kappa shape index (κ1) is 23.2. The maximum absolute atomic E-state index is 13.3. The molecule has 0 bridgehead atoms. The van der Waals surface area contributed by atoms with Crippen LogP contribution in [0.4, 0.5) is 0 Å². The summed E-state index contributed by atoms with van der Waals surface area (Å²) < 4.78 is 25.3. The topological polar surface area (TPSA) is 93.0 Å². The van der Waals surface area contributed by atoms with Crippen LogP contribution >= 0.6 is 0 Å². The van der Waals surface area contributed by atoms with Crippen molar-refractivity contribution in [2.45, 2.75) is 20.4 Å². The highest BCUT2D eigenvalue weighted by Gasteiger charge is 2.15. The predicted octanol–water partition coefficient (Wildman–Crippen LogP) is 4.59. The number of fused-ring (bicyclic) bond motifs is 1. The van der Waals surface area contributed by atoms with E-state index in [9.17, 15) is 4.79 Å². The molecule has 0 fully saturated rings. The summed E-state index contributed by atoms with van der Waals surface area (Å²) in [5, 5.41) is 4.57. The second-order valence-electron chi connectivity index (χ2n) is 8.14. The summed E-state index contributed by atoms with van der Waals surface area (Å²) in [6, 6.07) is 14.9.